The molecule has 7 nitrogen and oxygen atoms in total. The van der Waals surface area contributed by atoms with Crippen LogP contribution >= 0.6 is 0 Å². The van der Waals surface area contributed by atoms with E-state index in [-0.39, 0.29) is 6.17 Å². The van der Waals surface area contributed by atoms with Gasteiger partial charge in [-0.05, 0) is 42.9 Å². The van der Waals surface area contributed by atoms with E-state index in [1.165, 1.54) is 11.1 Å². The minimum absolute atomic E-state index is 0.0113. The lowest BCUT2D eigenvalue weighted by Crippen LogP contribution is -2.55. The number of benzene rings is 2. The highest BCUT2D eigenvalue weighted by molar-refractivity contribution is 5.83. The molecule has 0 bridgehead atoms. The average Bonchev–Trinajstić information content (AvgIpc) is 2.94. The Labute approximate surface area is 222 Å². The molecular formula is C30H42N6O. The van der Waals surface area contributed by atoms with Gasteiger partial charge in [0.1, 0.15) is 12.0 Å². The molecule has 2 aromatic carbocycles. The third-order valence-corrected chi connectivity index (χ3v) is 7.63. The minimum atomic E-state index is -0.0113. The van der Waals surface area contributed by atoms with Gasteiger partial charge in [-0.15, -0.1) is 0 Å². The molecule has 2 aromatic rings. The van der Waals surface area contributed by atoms with Crippen molar-refractivity contribution in [2.75, 3.05) is 40.3 Å². The maximum Gasteiger partial charge on any atom is 0.201 e. The molecule has 2 fully saturated rings. The molecule has 37 heavy (non-hydrogen) atoms. The van der Waals surface area contributed by atoms with E-state index in [1.807, 2.05) is 0 Å². The summed E-state index contributed by atoms with van der Waals surface area (Å²) in [7, 11) is 4.18. The summed E-state index contributed by atoms with van der Waals surface area (Å²) in [6, 6.07) is 21.7. The quantitative estimate of drug-likeness (QED) is 0.575. The fourth-order valence-corrected chi connectivity index (χ4v) is 5.40. The molecule has 1 aliphatic carbocycles. The minimum Gasteiger partial charge on any atom is -0.374 e. The van der Waals surface area contributed by atoms with Crippen LogP contribution in [0.1, 0.15) is 36.8 Å². The molecule has 1 unspecified atom stereocenters. The molecule has 2 aliphatic heterocycles. The van der Waals surface area contributed by atoms with Gasteiger partial charge >= 0.3 is 0 Å². The summed E-state index contributed by atoms with van der Waals surface area (Å²) in [6.07, 6.45) is 7.00. The molecule has 0 amide bonds. The Kier molecular flexibility index (Phi) is 8.76. The van der Waals surface area contributed by atoms with Gasteiger partial charge < -0.3 is 19.9 Å². The number of aliphatic imine (C=N–C) groups is 1. The summed E-state index contributed by atoms with van der Waals surface area (Å²) in [4.78, 5) is 12.2. The summed E-state index contributed by atoms with van der Waals surface area (Å²) < 4.78 is 6.20. The number of rotatable bonds is 8. The van der Waals surface area contributed by atoms with Gasteiger partial charge in [-0.3, -0.25) is 10.2 Å². The van der Waals surface area contributed by atoms with Crippen molar-refractivity contribution >= 4 is 5.96 Å². The maximum absolute atomic E-state index is 6.20. The van der Waals surface area contributed by atoms with E-state index >= 15 is 0 Å². The first-order chi connectivity index (χ1) is 18.1. The van der Waals surface area contributed by atoms with Gasteiger partial charge in [0.05, 0.1) is 12.7 Å². The molecule has 0 radical (unpaired) electrons. The highest BCUT2D eigenvalue weighted by Gasteiger charge is 2.27. The highest BCUT2D eigenvalue weighted by atomic mass is 16.5. The third-order valence-electron chi connectivity index (χ3n) is 7.63. The Hall–Kier alpha value is -2.87. The van der Waals surface area contributed by atoms with Gasteiger partial charge in [0.25, 0.3) is 0 Å². The predicted molar refractivity (Wildman–Crippen MR) is 150 cm³/mol. The fraction of sp³-hybridized carbons (Fsp3) is 0.500. The molecule has 0 aromatic heterocycles. The molecule has 1 saturated carbocycles. The first-order valence-corrected chi connectivity index (χ1v) is 13.8. The zero-order valence-corrected chi connectivity index (χ0v) is 22.4. The van der Waals surface area contributed by atoms with E-state index in [2.05, 4.69) is 106 Å². The number of hydrogen-bond acceptors (Lipinski definition) is 7. The second-order valence-corrected chi connectivity index (χ2v) is 10.7. The van der Waals surface area contributed by atoms with Crippen LogP contribution in [0.3, 0.4) is 0 Å². The van der Waals surface area contributed by atoms with Crippen LogP contribution in [0.25, 0.3) is 0 Å². The van der Waals surface area contributed by atoms with Gasteiger partial charge in [0.2, 0.25) is 5.96 Å². The van der Waals surface area contributed by atoms with Gasteiger partial charge in [-0.1, -0.05) is 60.7 Å². The Bertz CT molecular complexity index is 1020. The van der Waals surface area contributed by atoms with Crippen LogP contribution < -0.4 is 10.6 Å². The molecule has 7 heteroatoms. The van der Waals surface area contributed by atoms with E-state index in [1.54, 1.807) is 0 Å². The van der Waals surface area contributed by atoms with Crippen LogP contribution in [0.2, 0.25) is 0 Å². The number of piperazine rings is 1. The van der Waals surface area contributed by atoms with Crippen molar-refractivity contribution in [3.63, 3.8) is 0 Å². The molecule has 5 rings (SSSR count). The van der Waals surface area contributed by atoms with E-state index in [9.17, 15) is 0 Å². The lowest BCUT2D eigenvalue weighted by molar-refractivity contribution is 0.0109. The molecule has 1 atom stereocenters. The molecule has 2 heterocycles. The molecular weight excluding hydrogens is 460 g/mol. The zero-order chi connectivity index (χ0) is 25.5. The van der Waals surface area contributed by atoms with Gasteiger partial charge in [-0.2, -0.15) is 0 Å². The zero-order valence-electron chi connectivity index (χ0n) is 22.4. The number of ether oxygens (including phenoxy) is 1. The number of nitrogens with one attached hydrogen (secondary N) is 2. The van der Waals surface area contributed by atoms with Crippen molar-refractivity contribution in [1.82, 2.24) is 25.3 Å². The van der Waals surface area contributed by atoms with E-state index in [0.717, 1.165) is 70.2 Å². The van der Waals surface area contributed by atoms with Crippen LogP contribution in [-0.2, 0) is 17.9 Å². The number of hydrogen-bond donors (Lipinski definition) is 2. The van der Waals surface area contributed by atoms with Gasteiger partial charge in [-0.25, -0.2) is 4.99 Å². The Balaban J connectivity index is 1.12. The van der Waals surface area contributed by atoms with Crippen molar-refractivity contribution in [2.24, 2.45) is 4.99 Å². The van der Waals surface area contributed by atoms with Crippen LogP contribution in [0.5, 0.6) is 0 Å². The smallest absolute Gasteiger partial charge is 0.201 e. The summed E-state index contributed by atoms with van der Waals surface area (Å²) in [5, 5.41) is 7.40. The first kappa shape index (κ1) is 25.8. The summed E-state index contributed by atoms with van der Waals surface area (Å²) in [5.74, 6) is 2.09. The molecule has 3 aliphatic rings. The van der Waals surface area contributed by atoms with E-state index in [0.29, 0.717) is 18.8 Å². The lowest BCUT2D eigenvalue weighted by Gasteiger charge is -2.39. The van der Waals surface area contributed by atoms with Crippen LogP contribution in [0.15, 0.2) is 77.6 Å². The Morgan fingerprint density at radius 2 is 1.54 bits per heavy atom. The third kappa shape index (κ3) is 7.34. The molecule has 198 valence electrons. The van der Waals surface area contributed by atoms with Crippen molar-refractivity contribution in [3.8, 4) is 0 Å². The summed E-state index contributed by atoms with van der Waals surface area (Å²) in [6.45, 7) is 5.77. The largest absolute Gasteiger partial charge is 0.374 e. The lowest BCUT2D eigenvalue weighted by atomic mass is 9.92. The molecule has 1 saturated heterocycles. The molecule has 2 N–H and O–H groups in total. The van der Waals surface area contributed by atoms with Gasteiger partial charge in [0.15, 0.2) is 0 Å². The van der Waals surface area contributed by atoms with Crippen LogP contribution in [0, 0.1) is 0 Å². The number of nitrogens with zero attached hydrogens (tertiary/aromatic N) is 4. The van der Waals surface area contributed by atoms with E-state index in [4.69, 9.17) is 9.73 Å². The van der Waals surface area contributed by atoms with Crippen LogP contribution in [-0.4, -0.2) is 79.2 Å². The summed E-state index contributed by atoms with van der Waals surface area (Å²) >= 11 is 0. The van der Waals surface area contributed by atoms with Crippen molar-refractivity contribution in [1.29, 1.82) is 0 Å². The summed E-state index contributed by atoms with van der Waals surface area (Å²) in [5.41, 5.74) is 2.63. The van der Waals surface area contributed by atoms with Crippen molar-refractivity contribution in [3.05, 3.63) is 83.7 Å². The normalized spacial score (nSPS) is 24.7. The first-order valence-electron chi connectivity index (χ1n) is 13.8. The Morgan fingerprint density at radius 3 is 2.19 bits per heavy atom. The average molecular weight is 503 g/mol. The van der Waals surface area contributed by atoms with Crippen molar-refractivity contribution in [2.45, 2.75) is 57.1 Å². The second kappa shape index (κ2) is 12.6. The number of guanidine groups is 1. The fourth-order valence-electron chi connectivity index (χ4n) is 5.40. The maximum atomic E-state index is 6.20. The standard InChI is InChI=1S/C30H42N6O/c1-34(2)29-21-28(31-26-13-15-27(16-14-26)37-23-25-11-7-4-8-12-25)32-30(33-29)36-19-17-35(18-20-36)22-24-9-5-3-6-10-24/h3-12,21,26-28,31H,13-20,22-23H2,1-2H3,(H,32,33). The molecule has 0 spiro atoms. The SMILES string of the molecule is CN(C)C1=CC(NC2CCC(OCc3ccccc3)CC2)N=C(N2CCN(Cc3ccccc3)CC2)N1. The van der Waals surface area contributed by atoms with Gasteiger partial charge in [0, 0.05) is 52.9 Å². The highest BCUT2D eigenvalue weighted by Crippen LogP contribution is 2.23. The topological polar surface area (TPSA) is 55.4 Å². The second-order valence-electron chi connectivity index (χ2n) is 10.7. The van der Waals surface area contributed by atoms with E-state index < -0.39 is 0 Å². The Morgan fingerprint density at radius 1 is 0.892 bits per heavy atom. The van der Waals surface area contributed by atoms with Crippen molar-refractivity contribution < 1.29 is 4.74 Å². The monoisotopic (exact) mass is 502 g/mol. The predicted octanol–water partition coefficient (Wildman–Crippen LogP) is 3.61. The van der Waals surface area contributed by atoms with Crippen LogP contribution in [0.4, 0.5) is 0 Å².